The minimum absolute atomic E-state index is 0. The summed E-state index contributed by atoms with van der Waals surface area (Å²) in [5.74, 6) is 1.36. The maximum absolute atomic E-state index is 12.4. The maximum atomic E-state index is 12.4. The molecule has 1 aliphatic heterocycles. The third-order valence-electron chi connectivity index (χ3n) is 4.45. The SMILES string of the molecule is Cl.O=C(NCCCN1CCNCC1)c1ccccc1OCC1CC1. The Morgan fingerprint density at radius 2 is 2.00 bits per heavy atom. The third kappa shape index (κ3) is 5.96. The van der Waals surface area contributed by atoms with Crippen LogP contribution in [-0.2, 0) is 0 Å². The fourth-order valence-corrected chi connectivity index (χ4v) is 2.81. The van der Waals surface area contributed by atoms with Gasteiger partial charge in [-0.1, -0.05) is 12.1 Å². The number of carbonyl (C=O) groups is 1. The van der Waals surface area contributed by atoms with Crippen LogP contribution in [-0.4, -0.2) is 56.7 Å². The van der Waals surface area contributed by atoms with Crippen molar-refractivity contribution in [3.8, 4) is 5.75 Å². The topological polar surface area (TPSA) is 53.6 Å². The van der Waals surface area contributed by atoms with E-state index in [-0.39, 0.29) is 18.3 Å². The average Bonchev–Trinajstić information content (AvgIpc) is 3.42. The highest BCUT2D eigenvalue weighted by molar-refractivity contribution is 5.96. The first-order valence-electron chi connectivity index (χ1n) is 8.76. The van der Waals surface area contributed by atoms with Crippen molar-refractivity contribution in [2.75, 3.05) is 45.9 Å². The molecule has 1 saturated carbocycles. The van der Waals surface area contributed by atoms with Crippen LogP contribution < -0.4 is 15.4 Å². The van der Waals surface area contributed by atoms with E-state index in [0.717, 1.165) is 45.8 Å². The highest BCUT2D eigenvalue weighted by Crippen LogP contribution is 2.30. The molecule has 1 aliphatic carbocycles. The molecule has 0 spiro atoms. The number of para-hydroxylation sites is 1. The van der Waals surface area contributed by atoms with E-state index in [1.807, 2.05) is 24.3 Å². The van der Waals surface area contributed by atoms with Crippen LogP contribution >= 0.6 is 12.4 Å². The highest BCUT2D eigenvalue weighted by atomic mass is 35.5. The van der Waals surface area contributed by atoms with Crippen LogP contribution in [0.5, 0.6) is 5.75 Å². The minimum atomic E-state index is -0.0308. The zero-order chi connectivity index (χ0) is 15.9. The van der Waals surface area contributed by atoms with Gasteiger partial charge in [0.15, 0.2) is 0 Å². The molecule has 1 aromatic carbocycles. The average molecular weight is 354 g/mol. The van der Waals surface area contributed by atoms with Gasteiger partial charge in [-0.05, 0) is 43.9 Å². The molecule has 5 nitrogen and oxygen atoms in total. The number of nitrogens with zero attached hydrogens (tertiary/aromatic N) is 1. The van der Waals surface area contributed by atoms with Crippen LogP contribution in [0.3, 0.4) is 0 Å². The summed E-state index contributed by atoms with van der Waals surface area (Å²) in [6.45, 7) is 6.82. The highest BCUT2D eigenvalue weighted by Gasteiger charge is 2.23. The van der Waals surface area contributed by atoms with Gasteiger partial charge in [0.05, 0.1) is 12.2 Å². The first-order valence-corrected chi connectivity index (χ1v) is 8.76. The van der Waals surface area contributed by atoms with Gasteiger partial charge in [0.25, 0.3) is 5.91 Å². The number of amides is 1. The Morgan fingerprint density at radius 1 is 1.25 bits per heavy atom. The lowest BCUT2D eigenvalue weighted by Crippen LogP contribution is -2.44. The van der Waals surface area contributed by atoms with Gasteiger partial charge in [0, 0.05) is 32.7 Å². The molecule has 1 aromatic rings. The Kier molecular flexibility index (Phi) is 7.82. The van der Waals surface area contributed by atoms with Gasteiger partial charge >= 0.3 is 0 Å². The Morgan fingerprint density at radius 3 is 2.75 bits per heavy atom. The Bertz CT molecular complexity index is 517. The molecule has 134 valence electrons. The lowest BCUT2D eigenvalue weighted by atomic mass is 10.2. The number of rotatable bonds is 8. The number of nitrogens with one attached hydrogen (secondary N) is 2. The fourth-order valence-electron chi connectivity index (χ4n) is 2.81. The van der Waals surface area contributed by atoms with Crippen LogP contribution in [0, 0.1) is 5.92 Å². The van der Waals surface area contributed by atoms with E-state index in [9.17, 15) is 4.79 Å². The second-order valence-electron chi connectivity index (χ2n) is 6.45. The number of carbonyl (C=O) groups excluding carboxylic acids is 1. The standard InChI is InChI=1S/C18H27N3O2.ClH/c22-18(20-8-3-11-21-12-9-19-10-13-21)16-4-1-2-5-17(16)23-14-15-6-7-15;/h1-2,4-5,15,19H,3,6-14H2,(H,20,22);1H. The normalized spacial score (nSPS) is 17.8. The van der Waals surface area contributed by atoms with Crippen molar-refractivity contribution in [1.29, 1.82) is 0 Å². The predicted octanol–water partition coefficient (Wildman–Crippen LogP) is 1.92. The van der Waals surface area contributed by atoms with Crippen molar-refractivity contribution in [2.45, 2.75) is 19.3 Å². The quantitative estimate of drug-likeness (QED) is 0.701. The second-order valence-corrected chi connectivity index (χ2v) is 6.45. The lowest BCUT2D eigenvalue weighted by Gasteiger charge is -2.27. The molecule has 0 aromatic heterocycles. The lowest BCUT2D eigenvalue weighted by molar-refractivity contribution is 0.0947. The molecule has 1 saturated heterocycles. The molecule has 0 atom stereocenters. The first kappa shape index (κ1) is 19.0. The van der Waals surface area contributed by atoms with Crippen molar-refractivity contribution in [3.63, 3.8) is 0 Å². The number of halogens is 1. The molecule has 2 aliphatic rings. The summed E-state index contributed by atoms with van der Waals surface area (Å²) in [4.78, 5) is 14.8. The van der Waals surface area contributed by atoms with Gasteiger partial charge in [0.2, 0.25) is 0 Å². The molecule has 1 amide bonds. The van der Waals surface area contributed by atoms with E-state index in [4.69, 9.17) is 4.74 Å². The second kappa shape index (κ2) is 9.87. The largest absolute Gasteiger partial charge is 0.492 e. The van der Waals surface area contributed by atoms with Crippen LogP contribution in [0.15, 0.2) is 24.3 Å². The van der Waals surface area contributed by atoms with Crippen molar-refractivity contribution in [2.24, 2.45) is 5.92 Å². The van der Waals surface area contributed by atoms with Gasteiger partial charge in [-0.2, -0.15) is 0 Å². The zero-order valence-electron chi connectivity index (χ0n) is 14.1. The number of hydrogen-bond donors (Lipinski definition) is 2. The van der Waals surface area contributed by atoms with E-state index >= 15 is 0 Å². The molecule has 1 heterocycles. The Labute approximate surface area is 150 Å². The van der Waals surface area contributed by atoms with E-state index in [1.165, 1.54) is 12.8 Å². The van der Waals surface area contributed by atoms with Crippen LogP contribution in [0.2, 0.25) is 0 Å². The maximum Gasteiger partial charge on any atom is 0.255 e. The molecule has 24 heavy (non-hydrogen) atoms. The number of benzene rings is 1. The van der Waals surface area contributed by atoms with Gasteiger partial charge < -0.3 is 20.3 Å². The smallest absolute Gasteiger partial charge is 0.255 e. The minimum Gasteiger partial charge on any atom is -0.492 e. The van der Waals surface area contributed by atoms with Crippen LogP contribution in [0.1, 0.15) is 29.6 Å². The molecule has 0 unspecified atom stereocenters. The molecule has 3 rings (SSSR count). The van der Waals surface area contributed by atoms with Gasteiger partial charge in [-0.25, -0.2) is 0 Å². The summed E-state index contributed by atoms with van der Waals surface area (Å²) in [6.07, 6.45) is 3.48. The number of piperazine rings is 1. The van der Waals surface area contributed by atoms with Crippen LogP contribution in [0.25, 0.3) is 0 Å². The third-order valence-corrected chi connectivity index (χ3v) is 4.45. The predicted molar refractivity (Wildman–Crippen MR) is 98.2 cm³/mol. The summed E-state index contributed by atoms with van der Waals surface area (Å²) in [5, 5.41) is 6.37. The number of ether oxygens (including phenoxy) is 1. The Balaban J connectivity index is 0.00000208. The molecule has 2 N–H and O–H groups in total. The molecular weight excluding hydrogens is 326 g/mol. The molecule has 6 heteroatoms. The monoisotopic (exact) mass is 353 g/mol. The molecule has 0 bridgehead atoms. The van der Waals surface area contributed by atoms with E-state index in [1.54, 1.807) is 0 Å². The summed E-state index contributed by atoms with van der Waals surface area (Å²) in [6, 6.07) is 7.54. The van der Waals surface area contributed by atoms with E-state index < -0.39 is 0 Å². The van der Waals surface area contributed by atoms with Crippen molar-refractivity contribution < 1.29 is 9.53 Å². The summed E-state index contributed by atoms with van der Waals surface area (Å²) >= 11 is 0. The molecule has 2 fully saturated rings. The van der Waals surface area contributed by atoms with Gasteiger partial charge in [0.1, 0.15) is 5.75 Å². The number of hydrogen-bond acceptors (Lipinski definition) is 4. The first-order chi connectivity index (χ1) is 11.3. The van der Waals surface area contributed by atoms with Crippen molar-refractivity contribution in [3.05, 3.63) is 29.8 Å². The summed E-state index contributed by atoms with van der Waals surface area (Å²) in [5.41, 5.74) is 0.648. The Hall–Kier alpha value is -1.30. The van der Waals surface area contributed by atoms with Crippen LogP contribution in [0.4, 0.5) is 0 Å². The molecular formula is C18H28ClN3O2. The van der Waals surface area contributed by atoms with Crippen molar-refractivity contribution in [1.82, 2.24) is 15.5 Å². The van der Waals surface area contributed by atoms with E-state index in [2.05, 4.69) is 15.5 Å². The van der Waals surface area contributed by atoms with Crippen molar-refractivity contribution >= 4 is 18.3 Å². The zero-order valence-corrected chi connectivity index (χ0v) is 14.9. The fraction of sp³-hybridized carbons (Fsp3) is 0.611. The van der Waals surface area contributed by atoms with Gasteiger partial charge in [-0.3, -0.25) is 4.79 Å². The van der Waals surface area contributed by atoms with Gasteiger partial charge in [-0.15, -0.1) is 12.4 Å². The summed E-state index contributed by atoms with van der Waals surface area (Å²) < 4.78 is 5.81. The molecule has 0 radical (unpaired) electrons. The van der Waals surface area contributed by atoms with E-state index in [0.29, 0.717) is 23.8 Å². The summed E-state index contributed by atoms with van der Waals surface area (Å²) in [7, 11) is 0.